The van der Waals surface area contributed by atoms with E-state index in [1.54, 1.807) is 20.0 Å². The van der Waals surface area contributed by atoms with Gasteiger partial charge in [-0.15, -0.1) is 0 Å². The Kier molecular flexibility index (Phi) is 6.80. The van der Waals surface area contributed by atoms with Crippen LogP contribution >= 0.6 is 0 Å². The molecule has 0 unspecified atom stereocenters. The monoisotopic (exact) mass is 461 g/mol. The highest BCUT2D eigenvalue weighted by Crippen LogP contribution is 2.28. The molecule has 0 spiro atoms. The number of nitrogens with one attached hydrogen (secondary N) is 1. The minimum absolute atomic E-state index is 0.0344. The van der Waals surface area contributed by atoms with E-state index in [1.165, 1.54) is 10.7 Å². The number of nitrogens with zero attached hydrogens (tertiary/aromatic N) is 4. The molecule has 0 aromatic carbocycles. The molecule has 10 heteroatoms. The summed E-state index contributed by atoms with van der Waals surface area (Å²) in [4.78, 5) is 19.8. The minimum atomic E-state index is -3.67. The molecule has 9 nitrogen and oxygen atoms in total. The Balaban J connectivity index is 1.34. The maximum atomic E-state index is 13.0. The van der Waals surface area contributed by atoms with Crippen LogP contribution in [0.25, 0.3) is 0 Å². The Bertz CT molecular complexity index is 1030. The largest absolute Gasteiger partial charge is 0.360 e. The third-order valence-corrected chi connectivity index (χ3v) is 8.51. The van der Waals surface area contributed by atoms with Gasteiger partial charge in [-0.05, 0) is 52.0 Å². The molecule has 2 aliphatic rings. The van der Waals surface area contributed by atoms with E-state index in [4.69, 9.17) is 4.52 Å². The van der Waals surface area contributed by atoms with Crippen LogP contribution in [0.4, 0.5) is 5.82 Å². The number of pyridine rings is 1. The first-order valence-electron chi connectivity index (χ1n) is 11.3. The molecule has 4 rings (SSSR count). The first-order valence-corrected chi connectivity index (χ1v) is 12.7. The lowest BCUT2D eigenvalue weighted by Crippen LogP contribution is -2.43. The van der Waals surface area contributed by atoms with E-state index < -0.39 is 10.0 Å². The molecule has 0 bridgehead atoms. The molecule has 2 aromatic rings. The van der Waals surface area contributed by atoms with Crippen LogP contribution < -0.4 is 10.2 Å². The predicted molar refractivity (Wildman–Crippen MR) is 120 cm³/mol. The van der Waals surface area contributed by atoms with Gasteiger partial charge >= 0.3 is 0 Å². The zero-order valence-electron chi connectivity index (χ0n) is 18.7. The molecule has 0 radical (unpaired) electrons. The van der Waals surface area contributed by atoms with Crippen LogP contribution in [-0.4, -0.2) is 54.9 Å². The summed E-state index contributed by atoms with van der Waals surface area (Å²) in [7, 11) is -3.67. The number of amides is 1. The van der Waals surface area contributed by atoms with Crippen molar-refractivity contribution >= 4 is 21.7 Å². The fourth-order valence-electron chi connectivity index (χ4n) is 4.62. The fourth-order valence-corrected chi connectivity index (χ4v) is 6.38. The van der Waals surface area contributed by atoms with Crippen molar-refractivity contribution in [2.24, 2.45) is 5.92 Å². The van der Waals surface area contributed by atoms with Gasteiger partial charge in [0.1, 0.15) is 16.4 Å². The lowest BCUT2D eigenvalue weighted by Gasteiger charge is -2.31. The van der Waals surface area contributed by atoms with E-state index in [0.717, 1.165) is 37.3 Å². The maximum Gasteiger partial charge on any atom is 0.248 e. The SMILES string of the molecule is Cc1noc(C)c1S(=O)(=O)N1CCC(C(=O)NCc2cccnc2N2CCCCC2)CC1. The molecule has 1 amide bonds. The Morgan fingerprint density at radius 3 is 2.53 bits per heavy atom. The summed E-state index contributed by atoms with van der Waals surface area (Å²) in [5.41, 5.74) is 1.38. The number of aromatic nitrogens is 2. The van der Waals surface area contributed by atoms with Crippen molar-refractivity contribution in [2.45, 2.75) is 57.4 Å². The number of anilines is 1. The molecule has 2 saturated heterocycles. The molecule has 32 heavy (non-hydrogen) atoms. The number of rotatable bonds is 6. The topological polar surface area (TPSA) is 109 Å². The quantitative estimate of drug-likeness (QED) is 0.703. The van der Waals surface area contributed by atoms with Gasteiger partial charge in [0, 0.05) is 50.4 Å². The first kappa shape index (κ1) is 22.7. The normalized spacial score (nSPS) is 18.6. The molecular formula is C22H31N5O4S. The third-order valence-electron chi connectivity index (χ3n) is 6.37. The number of piperidine rings is 2. The highest BCUT2D eigenvalue weighted by Gasteiger charge is 2.35. The summed E-state index contributed by atoms with van der Waals surface area (Å²) in [6.45, 7) is 6.25. The summed E-state index contributed by atoms with van der Waals surface area (Å²) in [5.74, 6) is 1.00. The van der Waals surface area contributed by atoms with Crippen LogP contribution in [0.1, 0.15) is 49.1 Å². The van der Waals surface area contributed by atoms with Gasteiger partial charge in [-0.2, -0.15) is 4.31 Å². The first-order chi connectivity index (χ1) is 15.4. The van der Waals surface area contributed by atoms with Crippen molar-refractivity contribution in [1.82, 2.24) is 19.8 Å². The highest BCUT2D eigenvalue weighted by molar-refractivity contribution is 7.89. The Morgan fingerprint density at radius 1 is 1.16 bits per heavy atom. The minimum Gasteiger partial charge on any atom is -0.360 e. The van der Waals surface area contributed by atoms with Crippen LogP contribution in [0.15, 0.2) is 27.7 Å². The molecule has 2 aliphatic heterocycles. The molecule has 1 N–H and O–H groups in total. The Hall–Kier alpha value is -2.46. The van der Waals surface area contributed by atoms with Crippen molar-refractivity contribution in [3.05, 3.63) is 35.3 Å². The lowest BCUT2D eigenvalue weighted by atomic mass is 9.97. The summed E-state index contributed by atoms with van der Waals surface area (Å²) in [6, 6.07) is 3.91. The smallest absolute Gasteiger partial charge is 0.248 e. The van der Waals surface area contributed by atoms with E-state index in [1.807, 2.05) is 12.1 Å². The highest BCUT2D eigenvalue weighted by atomic mass is 32.2. The van der Waals surface area contributed by atoms with Crippen LogP contribution in [0, 0.1) is 19.8 Å². The number of carbonyl (C=O) groups is 1. The van der Waals surface area contributed by atoms with Crippen LogP contribution in [0.3, 0.4) is 0 Å². The lowest BCUT2D eigenvalue weighted by molar-refractivity contribution is -0.126. The van der Waals surface area contributed by atoms with Crippen LogP contribution in [0.2, 0.25) is 0 Å². The number of carbonyl (C=O) groups excluding carboxylic acids is 1. The van der Waals surface area contributed by atoms with Crippen LogP contribution in [0.5, 0.6) is 0 Å². The molecule has 0 saturated carbocycles. The molecular weight excluding hydrogens is 430 g/mol. The molecule has 2 aromatic heterocycles. The fraction of sp³-hybridized carbons (Fsp3) is 0.591. The van der Waals surface area contributed by atoms with Gasteiger partial charge in [-0.1, -0.05) is 11.2 Å². The van der Waals surface area contributed by atoms with Gasteiger partial charge in [0.2, 0.25) is 15.9 Å². The number of sulfonamides is 1. The number of hydrogen-bond acceptors (Lipinski definition) is 7. The zero-order chi connectivity index (χ0) is 22.7. The van der Waals surface area contributed by atoms with Gasteiger partial charge < -0.3 is 14.7 Å². The second kappa shape index (κ2) is 9.58. The van der Waals surface area contributed by atoms with Gasteiger partial charge in [0.25, 0.3) is 0 Å². The molecule has 0 atom stereocenters. The van der Waals surface area contributed by atoms with Gasteiger partial charge in [-0.3, -0.25) is 4.79 Å². The van der Waals surface area contributed by atoms with Crippen molar-refractivity contribution < 1.29 is 17.7 Å². The molecule has 2 fully saturated rings. The van der Waals surface area contributed by atoms with Crippen molar-refractivity contribution in [3.63, 3.8) is 0 Å². The van der Waals surface area contributed by atoms with E-state index in [-0.39, 0.29) is 16.7 Å². The molecule has 0 aliphatic carbocycles. The Morgan fingerprint density at radius 2 is 1.88 bits per heavy atom. The van der Waals surface area contributed by atoms with Crippen molar-refractivity contribution in [1.29, 1.82) is 0 Å². The second-order valence-electron chi connectivity index (χ2n) is 8.58. The van der Waals surface area contributed by atoms with Gasteiger partial charge in [-0.25, -0.2) is 13.4 Å². The molecule has 174 valence electrons. The summed E-state index contributed by atoms with van der Waals surface area (Å²) in [5, 5.41) is 6.81. The number of hydrogen-bond donors (Lipinski definition) is 1. The summed E-state index contributed by atoms with van der Waals surface area (Å²) >= 11 is 0. The third kappa shape index (κ3) is 4.66. The van der Waals surface area contributed by atoms with Crippen molar-refractivity contribution in [3.8, 4) is 0 Å². The summed E-state index contributed by atoms with van der Waals surface area (Å²) < 4.78 is 32.4. The predicted octanol–water partition coefficient (Wildman–Crippen LogP) is 2.39. The van der Waals surface area contributed by atoms with Crippen LogP contribution in [-0.2, 0) is 21.4 Å². The van der Waals surface area contributed by atoms with E-state index >= 15 is 0 Å². The van der Waals surface area contributed by atoms with E-state index in [0.29, 0.717) is 43.9 Å². The molecule has 4 heterocycles. The zero-order valence-corrected chi connectivity index (χ0v) is 19.5. The van der Waals surface area contributed by atoms with E-state index in [2.05, 4.69) is 20.4 Å². The van der Waals surface area contributed by atoms with E-state index in [9.17, 15) is 13.2 Å². The van der Waals surface area contributed by atoms with Gasteiger partial charge in [0.05, 0.1) is 0 Å². The van der Waals surface area contributed by atoms with Crippen molar-refractivity contribution in [2.75, 3.05) is 31.1 Å². The summed E-state index contributed by atoms with van der Waals surface area (Å²) in [6.07, 6.45) is 6.35. The maximum absolute atomic E-state index is 13.0. The second-order valence-corrected chi connectivity index (χ2v) is 10.5. The number of aryl methyl sites for hydroxylation is 2. The standard InChI is InChI=1S/C22H31N5O4S/c1-16-20(17(2)31-25-16)32(29,30)27-13-8-18(9-14-27)22(28)24-15-19-7-6-10-23-21(19)26-11-4-3-5-12-26/h6-7,10,18H,3-5,8-9,11-15H2,1-2H3,(H,24,28). The average Bonchev–Trinajstić information content (AvgIpc) is 3.17. The Labute approximate surface area is 189 Å². The van der Waals surface area contributed by atoms with Gasteiger partial charge in [0.15, 0.2) is 5.76 Å². The average molecular weight is 462 g/mol.